The van der Waals surface area contributed by atoms with E-state index in [0.29, 0.717) is 13.0 Å². The zero-order valence-electron chi connectivity index (χ0n) is 12.0. The number of hydrogen-bond donors (Lipinski definition) is 0. The molecule has 0 fully saturated rings. The minimum absolute atomic E-state index is 0.237. The van der Waals surface area contributed by atoms with Gasteiger partial charge < -0.3 is 4.90 Å². The molecule has 3 heteroatoms. The van der Waals surface area contributed by atoms with Crippen LogP contribution in [-0.4, -0.2) is 31.1 Å². The number of hydrogen-bond acceptors (Lipinski definition) is 3. The molecule has 1 heterocycles. The van der Waals surface area contributed by atoms with Gasteiger partial charge in [0.25, 0.3) is 0 Å². The molecule has 0 unspecified atom stereocenters. The van der Waals surface area contributed by atoms with E-state index < -0.39 is 0 Å². The van der Waals surface area contributed by atoms with Crippen molar-refractivity contribution in [2.75, 3.05) is 24.5 Å². The quantitative estimate of drug-likeness (QED) is 0.832. The van der Waals surface area contributed by atoms with Crippen LogP contribution >= 0.6 is 0 Å². The summed E-state index contributed by atoms with van der Waals surface area (Å²) in [7, 11) is 0. The van der Waals surface area contributed by atoms with Crippen LogP contribution in [0.2, 0.25) is 0 Å². The molecule has 1 aromatic rings. The Morgan fingerprint density at radius 3 is 2.37 bits per heavy atom. The predicted octanol–water partition coefficient (Wildman–Crippen LogP) is 2.93. The van der Waals surface area contributed by atoms with Gasteiger partial charge in [-0.25, -0.2) is 0 Å². The lowest BCUT2D eigenvalue weighted by molar-refractivity contribution is -0.118. The summed E-state index contributed by atoms with van der Waals surface area (Å²) in [4.78, 5) is 18.1. The molecule has 0 amide bonds. The lowest BCUT2D eigenvalue weighted by atomic mass is 9.91. The molecule has 0 saturated heterocycles. The van der Waals surface area contributed by atoms with Gasteiger partial charge in [0.15, 0.2) is 5.78 Å². The topological polar surface area (TPSA) is 32.7 Å². The second-order valence-corrected chi connectivity index (χ2v) is 5.06. The van der Waals surface area contributed by atoms with Gasteiger partial charge >= 0.3 is 0 Å². The number of carbonyl (C=O) groups excluding carboxylic acids is 1. The standard InChI is InChI=1S/C16H22N2O/c1-4-18(5-2)14-8-6-13(7-9-14)16-12(3)10-15(19)11-17-16/h6-9,12H,4-5,10-11H2,1-3H3/t12-/m1/s1. The zero-order chi connectivity index (χ0) is 13.8. The van der Waals surface area contributed by atoms with Crippen LogP contribution in [0.3, 0.4) is 0 Å². The summed E-state index contributed by atoms with van der Waals surface area (Å²) >= 11 is 0. The Hall–Kier alpha value is -1.64. The van der Waals surface area contributed by atoms with Crippen LogP contribution in [-0.2, 0) is 4.79 Å². The van der Waals surface area contributed by atoms with Gasteiger partial charge in [-0.2, -0.15) is 0 Å². The minimum atomic E-state index is 0.237. The number of rotatable bonds is 4. The first-order valence-electron chi connectivity index (χ1n) is 7.07. The van der Waals surface area contributed by atoms with E-state index in [2.05, 4.69) is 54.9 Å². The molecule has 0 aromatic heterocycles. The van der Waals surface area contributed by atoms with Crippen molar-refractivity contribution in [1.82, 2.24) is 0 Å². The molecule has 0 spiro atoms. The van der Waals surface area contributed by atoms with E-state index in [9.17, 15) is 4.79 Å². The van der Waals surface area contributed by atoms with Crippen molar-refractivity contribution in [3.05, 3.63) is 29.8 Å². The smallest absolute Gasteiger partial charge is 0.154 e. The number of benzene rings is 1. The van der Waals surface area contributed by atoms with E-state index in [4.69, 9.17) is 0 Å². The number of anilines is 1. The van der Waals surface area contributed by atoms with Crippen LogP contribution in [0.1, 0.15) is 32.8 Å². The maximum Gasteiger partial charge on any atom is 0.154 e. The molecule has 0 aliphatic carbocycles. The highest BCUT2D eigenvalue weighted by Crippen LogP contribution is 2.21. The summed E-state index contributed by atoms with van der Waals surface area (Å²) in [5, 5.41) is 0. The summed E-state index contributed by atoms with van der Waals surface area (Å²) < 4.78 is 0. The van der Waals surface area contributed by atoms with Gasteiger partial charge in [-0.3, -0.25) is 9.79 Å². The molecule has 0 saturated carbocycles. The zero-order valence-corrected chi connectivity index (χ0v) is 12.0. The van der Waals surface area contributed by atoms with Gasteiger partial charge in [0.05, 0.1) is 6.54 Å². The second-order valence-electron chi connectivity index (χ2n) is 5.06. The van der Waals surface area contributed by atoms with Crippen LogP contribution in [0.4, 0.5) is 5.69 Å². The van der Waals surface area contributed by atoms with Crippen LogP contribution in [0.15, 0.2) is 29.3 Å². The van der Waals surface area contributed by atoms with Gasteiger partial charge in [0.1, 0.15) is 0 Å². The molecule has 2 rings (SSSR count). The number of aliphatic imine (C=N–C) groups is 1. The molecular formula is C16H22N2O. The van der Waals surface area contributed by atoms with Gasteiger partial charge in [-0.15, -0.1) is 0 Å². The Balaban J connectivity index is 2.21. The van der Waals surface area contributed by atoms with Crippen molar-refractivity contribution in [2.24, 2.45) is 10.9 Å². The average Bonchev–Trinajstić information content (AvgIpc) is 2.41. The molecule has 1 aromatic carbocycles. The maximum absolute atomic E-state index is 11.4. The average molecular weight is 258 g/mol. The Morgan fingerprint density at radius 1 is 1.21 bits per heavy atom. The Morgan fingerprint density at radius 2 is 1.84 bits per heavy atom. The molecule has 3 nitrogen and oxygen atoms in total. The van der Waals surface area contributed by atoms with Crippen molar-refractivity contribution in [2.45, 2.75) is 27.2 Å². The van der Waals surface area contributed by atoms with Crippen molar-refractivity contribution in [3.63, 3.8) is 0 Å². The Kier molecular flexibility index (Phi) is 4.35. The third-order valence-electron chi connectivity index (χ3n) is 3.72. The Bertz CT molecular complexity index is 472. The van der Waals surface area contributed by atoms with E-state index in [0.717, 1.165) is 24.4 Å². The second kappa shape index (κ2) is 6.00. The summed E-state index contributed by atoms with van der Waals surface area (Å²) in [6.45, 7) is 8.78. The summed E-state index contributed by atoms with van der Waals surface area (Å²) in [6.07, 6.45) is 0.622. The van der Waals surface area contributed by atoms with E-state index in [1.165, 1.54) is 5.69 Å². The normalized spacial score (nSPS) is 19.2. The number of carbonyl (C=O) groups is 1. The van der Waals surface area contributed by atoms with Gasteiger partial charge in [-0.05, 0) is 31.5 Å². The third kappa shape index (κ3) is 3.03. The summed E-state index contributed by atoms with van der Waals surface area (Å²) in [5.74, 6) is 0.483. The highest BCUT2D eigenvalue weighted by Gasteiger charge is 2.21. The molecule has 0 N–H and O–H groups in total. The summed E-state index contributed by atoms with van der Waals surface area (Å²) in [6, 6.07) is 8.54. The van der Waals surface area contributed by atoms with E-state index in [-0.39, 0.29) is 11.7 Å². The van der Waals surface area contributed by atoms with Crippen molar-refractivity contribution in [1.29, 1.82) is 0 Å². The van der Waals surface area contributed by atoms with E-state index >= 15 is 0 Å². The molecule has 19 heavy (non-hydrogen) atoms. The highest BCUT2D eigenvalue weighted by molar-refractivity contribution is 6.07. The lowest BCUT2D eigenvalue weighted by Crippen LogP contribution is -2.25. The van der Waals surface area contributed by atoms with Crippen molar-refractivity contribution in [3.8, 4) is 0 Å². The number of ketones is 1. The van der Waals surface area contributed by atoms with Gasteiger partial charge in [0.2, 0.25) is 0 Å². The highest BCUT2D eigenvalue weighted by atomic mass is 16.1. The molecule has 1 aliphatic heterocycles. The van der Waals surface area contributed by atoms with Crippen LogP contribution < -0.4 is 4.90 Å². The van der Waals surface area contributed by atoms with Crippen molar-refractivity contribution < 1.29 is 4.79 Å². The first kappa shape index (κ1) is 13.8. The first-order chi connectivity index (χ1) is 9.15. The monoisotopic (exact) mass is 258 g/mol. The number of nitrogens with zero attached hydrogens (tertiary/aromatic N) is 2. The predicted molar refractivity (Wildman–Crippen MR) is 80.2 cm³/mol. The maximum atomic E-state index is 11.4. The lowest BCUT2D eigenvalue weighted by Gasteiger charge is -2.22. The fourth-order valence-corrected chi connectivity index (χ4v) is 2.64. The van der Waals surface area contributed by atoms with Crippen LogP contribution in [0.5, 0.6) is 0 Å². The van der Waals surface area contributed by atoms with Gasteiger partial charge in [-0.1, -0.05) is 19.1 Å². The molecular weight excluding hydrogens is 236 g/mol. The minimum Gasteiger partial charge on any atom is -0.372 e. The van der Waals surface area contributed by atoms with Gasteiger partial charge in [0, 0.05) is 36.8 Å². The molecule has 0 bridgehead atoms. The molecule has 0 radical (unpaired) electrons. The third-order valence-corrected chi connectivity index (χ3v) is 3.72. The molecule has 1 atom stereocenters. The van der Waals surface area contributed by atoms with Crippen molar-refractivity contribution >= 4 is 17.2 Å². The van der Waals surface area contributed by atoms with Crippen LogP contribution in [0.25, 0.3) is 0 Å². The molecule has 102 valence electrons. The van der Waals surface area contributed by atoms with E-state index in [1.807, 2.05) is 0 Å². The fourth-order valence-electron chi connectivity index (χ4n) is 2.64. The summed E-state index contributed by atoms with van der Waals surface area (Å²) in [5.41, 5.74) is 3.47. The largest absolute Gasteiger partial charge is 0.372 e. The number of Topliss-reactive ketones (excluding diaryl/α,β-unsaturated/α-hetero) is 1. The fraction of sp³-hybridized carbons (Fsp3) is 0.500. The first-order valence-corrected chi connectivity index (χ1v) is 7.07. The Labute approximate surface area is 115 Å². The molecule has 1 aliphatic rings. The van der Waals surface area contributed by atoms with E-state index in [1.54, 1.807) is 0 Å². The SMILES string of the molecule is CCN(CC)c1ccc(C2=NCC(=O)C[C@H]2C)cc1. The van der Waals surface area contributed by atoms with Crippen LogP contribution in [0, 0.1) is 5.92 Å².